The fraction of sp³-hybridized carbons (Fsp3) is 0.0769. The maximum Gasteiger partial charge on any atom is 0.113 e. The third kappa shape index (κ3) is 2.29. The van der Waals surface area contributed by atoms with Gasteiger partial charge < -0.3 is 0 Å². The second-order valence-corrected chi connectivity index (χ2v) is 4.28. The zero-order valence-electron chi connectivity index (χ0n) is 8.47. The summed E-state index contributed by atoms with van der Waals surface area (Å²) in [5.41, 5.74) is 1.75. The summed E-state index contributed by atoms with van der Waals surface area (Å²) in [6.07, 6.45) is 1.71. The standard InChI is InChI=1S/C13H9BrN2/c14-11-6-4-10(5-7-11)12(9-15)13-3-1-2-8-16-13/h1-8,12H. The molecule has 0 fully saturated rings. The van der Waals surface area contributed by atoms with Crippen molar-refractivity contribution in [3.05, 3.63) is 64.4 Å². The summed E-state index contributed by atoms with van der Waals surface area (Å²) >= 11 is 3.37. The molecule has 0 N–H and O–H groups in total. The van der Waals surface area contributed by atoms with E-state index in [9.17, 15) is 5.26 Å². The molecule has 2 rings (SSSR count). The predicted molar refractivity (Wildman–Crippen MR) is 65.8 cm³/mol. The second-order valence-electron chi connectivity index (χ2n) is 3.37. The summed E-state index contributed by atoms with van der Waals surface area (Å²) in [6, 6.07) is 15.6. The molecule has 1 unspecified atom stereocenters. The third-order valence-corrected chi connectivity index (χ3v) is 2.84. The molecule has 0 saturated carbocycles. The van der Waals surface area contributed by atoms with Gasteiger partial charge in [-0.25, -0.2) is 0 Å². The van der Waals surface area contributed by atoms with Crippen molar-refractivity contribution in [1.82, 2.24) is 4.98 Å². The molecule has 1 heterocycles. The lowest BCUT2D eigenvalue weighted by Crippen LogP contribution is -2.00. The van der Waals surface area contributed by atoms with Crippen LogP contribution < -0.4 is 0 Å². The van der Waals surface area contributed by atoms with Gasteiger partial charge in [0.1, 0.15) is 5.92 Å². The van der Waals surface area contributed by atoms with E-state index in [0.717, 1.165) is 15.7 Å². The molecule has 0 radical (unpaired) electrons. The number of benzene rings is 1. The number of aromatic nitrogens is 1. The first-order chi connectivity index (χ1) is 7.81. The Hall–Kier alpha value is -1.66. The smallest absolute Gasteiger partial charge is 0.113 e. The van der Waals surface area contributed by atoms with Crippen LogP contribution in [0.15, 0.2) is 53.1 Å². The quantitative estimate of drug-likeness (QED) is 0.839. The number of halogens is 1. The Balaban J connectivity index is 2.38. The van der Waals surface area contributed by atoms with Crippen molar-refractivity contribution >= 4 is 15.9 Å². The van der Waals surface area contributed by atoms with Crippen LogP contribution in [0.1, 0.15) is 17.2 Å². The maximum atomic E-state index is 9.20. The van der Waals surface area contributed by atoms with E-state index in [-0.39, 0.29) is 5.92 Å². The van der Waals surface area contributed by atoms with E-state index in [1.54, 1.807) is 6.20 Å². The normalized spacial score (nSPS) is 11.8. The molecular weight excluding hydrogens is 264 g/mol. The second kappa shape index (κ2) is 4.91. The van der Waals surface area contributed by atoms with Crippen molar-refractivity contribution < 1.29 is 0 Å². The van der Waals surface area contributed by atoms with E-state index in [1.165, 1.54) is 0 Å². The summed E-state index contributed by atoms with van der Waals surface area (Å²) in [4.78, 5) is 4.21. The van der Waals surface area contributed by atoms with Crippen LogP contribution in [0.4, 0.5) is 0 Å². The number of pyridine rings is 1. The van der Waals surface area contributed by atoms with Gasteiger partial charge in [0.15, 0.2) is 0 Å². The fourth-order valence-electron chi connectivity index (χ4n) is 1.51. The molecule has 0 aliphatic carbocycles. The van der Waals surface area contributed by atoms with E-state index in [4.69, 9.17) is 0 Å². The molecule has 1 aromatic heterocycles. The Labute approximate surface area is 103 Å². The van der Waals surface area contributed by atoms with Crippen LogP contribution in [0.3, 0.4) is 0 Å². The molecule has 3 heteroatoms. The summed E-state index contributed by atoms with van der Waals surface area (Å²) < 4.78 is 1.01. The van der Waals surface area contributed by atoms with Gasteiger partial charge in [-0.3, -0.25) is 4.98 Å². The van der Waals surface area contributed by atoms with E-state index >= 15 is 0 Å². The average Bonchev–Trinajstić information content (AvgIpc) is 2.34. The maximum absolute atomic E-state index is 9.20. The Kier molecular flexibility index (Phi) is 3.33. The average molecular weight is 273 g/mol. The minimum Gasteiger partial charge on any atom is -0.260 e. The molecule has 0 amide bonds. The predicted octanol–water partition coefficient (Wildman–Crippen LogP) is 3.50. The third-order valence-electron chi connectivity index (χ3n) is 2.32. The molecule has 2 nitrogen and oxygen atoms in total. The van der Waals surface area contributed by atoms with Gasteiger partial charge in [0.25, 0.3) is 0 Å². The number of nitriles is 1. The van der Waals surface area contributed by atoms with Gasteiger partial charge in [0.2, 0.25) is 0 Å². The van der Waals surface area contributed by atoms with Crippen molar-refractivity contribution in [1.29, 1.82) is 5.26 Å². The van der Waals surface area contributed by atoms with Crippen LogP contribution in [-0.2, 0) is 0 Å². The Morgan fingerprint density at radius 1 is 1.12 bits per heavy atom. The summed E-state index contributed by atoms with van der Waals surface area (Å²) in [7, 11) is 0. The van der Waals surface area contributed by atoms with E-state index < -0.39 is 0 Å². The monoisotopic (exact) mass is 272 g/mol. The van der Waals surface area contributed by atoms with E-state index in [1.807, 2.05) is 42.5 Å². The minimum absolute atomic E-state index is 0.297. The highest BCUT2D eigenvalue weighted by atomic mass is 79.9. The summed E-state index contributed by atoms with van der Waals surface area (Å²) in [5.74, 6) is -0.297. The molecule has 0 saturated heterocycles. The van der Waals surface area contributed by atoms with Crippen molar-refractivity contribution in [2.24, 2.45) is 0 Å². The fourth-order valence-corrected chi connectivity index (χ4v) is 1.78. The molecule has 0 aliphatic rings. The lowest BCUT2D eigenvalue weighted by atomic mass is 9.97. The van der Waals surface area contributed by atoms with Gasteiger partial charge in [0, 0.05) is 10.7 Å². The van der Waals surface area contributed by atoms with Gasteiger partial charge in [-0.15, -0.1) is 0 Å². The van der Waals surface area contributed by atoms with Gasteiger partial charge in [-0.05, 0) is 29.8 Å². The molecule has 0 aliphatic heterocycles. The highest BCUT2D eigenvalue weighted by Crippen LogP contribution is 2.23. The molecule has 1 aromatic carbocycles. The molecule has 16 heavy (non-hydrogen) atoms. The molecule has 0 bridgehead atoms. The van der Waals surface area contributed by atoms with Crippen LogP contribution in [0.25, 0.3) is 0 Å². The largest absolute Gasteiger partial charge is 0.260 e. The Morgan fingerprint density at radius 3 is 2.44 bits per heavy atom. The number of rotatable bonds is 2. The first-order valence-corrected chi connectivity index (χ1v) is 5.66. The van der Waals surface area contributed by atoms with E-state index in [0.29, 0.717) is 0 Å². The van der Waals surface area contributed by atoms with Crippen LogP contribution in [0.2, 0.25) is 0 Å². The van der Waals surface area contributed by atoms with Crippen molar-refractivity contribution in [3.63, 3.8) is 0 Å². The summed E-state index contributed by atoms with van der Waals surface area (Å²) in [5, 5.41) is 9.20. The Bertz CT molecular complexity index is 500. The van der Waals surface area contributed by atoms with Crippen LogP contribution >= 0.6 is 15.9 Å². The molecule has 0 spiro atoms. The topological polar surface area (TPSA) is 36.7 Å². The number of hydrogen-bond acceptors (Lipinski definition) is 2. The first kappa shape index (κ1) is 10.8. The van der Waals surface area contributed by atoms with Crippen LogP contribution in [0.5, 0.6) is 0 Å². The highest BCUT2D eigenvalue weighted by molar-refractivity contribution is 9.10. The summed E-state index contributed by atoms with van der Waals surface area (Å²) in [6.45, 7) is 0. The van der Waals surface area contributed by atoms with Gasteiger partial charge >= 0.3 is 0 Å². The molecule has 2 aromatic rings. The van der Waals surface area contributed by atoms with Crippen molar-refractivity contribution in [3.8, 4) is 6.07 Å². The molecular formula is C13H9BrN2. The lowest BCUT2D eigenvalue weighted by molar-refractivity contribution is 0.965. The molecule has 78 valence electrons. The van der Waals surface area contributed by atoms with Gasteiger partial charge in [-0.1, -0.05) is 34.1 Å². The number of nitrogens with zero attached hydrogens (tertiary/aromatic N) is 2. The van der Waals surface area contributed by atoms with Crippen molar-refractivity contribution in [2.75, 3.05) is 0 Å². The first-order valence-electron chi connectivity index (χ1n) is 4.87. The molecule has 1 atom stereocenters. The van der Waals surface area contributed by atoms with Crippen LogP contribution in [-0.4, -0.2) is 4.98 Å². The van der Waals surface area contributed by atoms with Crippen LogP contribution in [0, 0.1) is 11.3 Å². The van der Waals surface area contributed by atoms with Gasteiger partial charge in [0.05, 0.1) is 11.8 Å². The SMILES string of the molecule is N#CC(c1ccc(Br)cc1)c1ccccn1. The van der Waals surface area contributed by atoms with Gasteiger partial charge in [-0.2, -0.15) is 5.26 Å². The number of hydrogen-bond donors (Lipinski definition) is 0. The lowest BCUT2D eigenvalue weighted by Gasteiger charge is -2.08. The zero-order valence-corrected chi connectivity index (χ0v) is 10.1. The minimum atomic E-state index is -0.297. The Morgan fingerprint density at radius 2 is 1.88 bits per heavy atom. The van der Waals surface area contributed by atoms with Crippen molar-refractivity contribution in [2.45, 2.75) is 5.92 Å². The zero-order chi connectivity index (χ0) is 11.4. The highest BCUT2D eigenvalue weighted by Gasteiger charge is 2.13. The van der Waals surface area contributed by atoms with E-state index in [2.05, 4.69) is 27.0 Å².